The first-order valence-electron chi connectivity index (χ1n) is 9.26. The van der Waals surface area contributed by atoms with Gasteiger partial charge in [-0.05, 0) is 36.2 Å². The van der Waals surface area contributed by atoms with E-state index in [9.17, 15) is 4.79 Å². The Morgan fingerprint density at radius 3 is 2.27 bits per heavy atom. The summed E-state index contributed by atoms with van der Waals surface area (Å²) >= 11 is 1.37. The van der Waals surface area contributed by atoms with Gasteiger partial charge in [-0.2, -0.15) is 0 Å². The molecule has 0 spiro atoms. The zero-order chi connectivity index (χ0) is 21.5. The number of ether oxygens (including phenoxy) is 4. The minimum Gasteiger partial charge on any atom is -0.497 e. The number of thiazole rings is 1. The average molecular weight is 429 g/mol. The summed E-state index contributed by atoms with van der Waals surface area (Å²) in [6, 6.07) is 11.1. The predicted octanol–water partition coefficient (Wildman–Crippen LogP) is 4.42. The van der Waals surface area contributed by atoms with E-state index in [2.05, 4.69) is 10.3 Å². The van der Waals surface area contributed by atoms with Gasteiger partial charge in [0.2, 0.25) is 5.91 Å². The van der Waals surface area contributed by atoms with Gasteiger partial charge in [0.25, 0.3) is 0 Å². The van der Waals surface area contributed by atoms with Crippen LogP contribution in [-0.2, 0) is 11.2 Å². The highest BCUT2D eigenvalue weighted by atomic mass is 32.1. The lowest BCUT2D eigenvalue weighted by molar-refractivity contribution is -0.116. The Morgan fingerprint density at radius 1 is 0.933 bits per heavy atom. The summed E-state index contributed by atoms with van der Waals surface area (Å²) in [5.74, 6) is 2.64. The first kappa shape index (κ1) is 21.4. The molecule has 1 N–H and O–H groups in total. The Labute approximate surface area is 179 Å². The lowest BCUT2D eigenvalue weighted by Gasteiger charge is -2.09. The number of amides is 1. The quantitative estimate of drug-likeness (QED) is 0.544. The van der Waals surface area contributed by atoms with Crippen molar-refractivity contribution >= 4 is 22.4 Å². The van der Waals surface area contributed by atoms with E-state index in [-0.39, 0.29) is 5.91 Å². The predicted molar refractivity (Wildman–Crippen MR) is 117 cm³/mol. The number of anilines is 1. The van der Waals surface area contributed by atoms with Crippen molar-refractivity contribution in [2.24, 2.45) is 0 Å². The van der Waals surface area contributed by atoms with Crippen LogP contribution in [-0.4, -0.2) is 39.3 Å². The van der Waals surface area contributed by atoms with Crippen LogP contribution in [0, 0.1) is 0 Å². The van der Waals surface area contributed by atoms with Crippen molar-refractivity contribution in [3.8, 4) is 34.3 Å². The number of benzene rings is 2. The molecule has 158 valence electrons. The molecule has 0 fully saturated rings. The molecule has 0 aliphatic carbocycles. The van der Waals surface area contributed by atoms with Crippen LogP contribution in [0.15, 0.2) is 41.8 Å². The maximum Gasteiger partial charge on any atom is 0.226 e. The summed E-state index contributed by atoms with van der Waals surface area (Å²) in [4.78, 5) is 16.9. The number of nitrogens with zero attached hydrogens (tertiary/aromatic N) is 1. The third kappa shape index (κ3) is 5.21. The fourth-order valence-corrected chi connectivity index (χ4v) is 3.64. The van der Waals surface area contributed by atoms with E-state index < -0.39 is 0 Å². The number of carbonyl (C=O) groups is 1. The molecule has 7 nitrogen and oxygen atoms in total. The fraction of sp³-hybridized carbons (Fsp3) is 0.273. The van der Waals surface area contributed by atoms with E-state index >= 15 is 0 Å². The standard InChI is InChI=1S/C22H24N2O5S/c1-26-15-6-7-18(20(12-15)29-4)19-13-30-22(23-19)24-21(25)8-5-14-9-16(27-2)11-17(10-14)28-3/h6-7,9-13H,5,8H2,1-4H3,(H,23,24,25). The summed E-state index contributed by atoms with van der Waals surface area (Å²) in [7, 11) is 6.40. The van der Waals surface area contributed by atoms with Crippen LogP contribution in [0.5, 0.6) is 23.0 Å². The van der Waals surface area contributed by atoms with Crippen LogP contribution in [0.2, 0.25) is 0 Å². The molecule has 3 rings (SSSR count). The molecule has 1 amide bonds. The normalized spacial score (nSPS) is 10.4. The topological polar surface area (TPSA) is 78.9 Å². The monoisotopic (exact) mass is 428 g/mol. The van der Waals surface area contributed by atoms with Gasteiger partial charge in [-0.15, -0.1) is 11.3 Å². The van der Waals surface area contributed by atoms with Crippen LogP contribution < -0.4 is 24.3 Å². The Bertz CT molecular complexity index is 996. The summed E-state index contributed by atoms with van der Waals surface area (Å²) in [5.41, 5.74) is 2.52. The van der Waals surface area contributed by atoms with E-state index in [1.165, 1.54) is 11.3 Å². The number of methoxy groups -OCH3 is 4. The summed E-state index contributed by atoms with van der Waals surface area (Å²) in [5, 5.41) is 5.28. The van der Waals surface area contributed by atoms with Crippen molar-refractivity contribution in [2.75, 3.05) is 33.8 Å². The molecule has 0 atom stereocenters. The smallest absolute Gasteiger partial charge is 0.226 e. The highest BCUT2D eigenvalue weighted by Crippen LogP contribution is 2.34. The van der Waals surface area contributed by atoms with Crippen molar-refractivity contribution in [1.82, 2.24) is 4.98 Å². The zero-order valence-electron chi connectivity index (χ0n) is 17.4. The summed E-state index contributed by atoms with van der Waals surface area (Å²) in [6.45, 7) is 0. The van der Waals surface area contributed by atoms with Crippen molar-refractivity contribution in [3.63, 3.8) is 0 Å². The molecule has 0 radical (unpaired) electrons. The van der Waals surface area contributed by atoms with E-state index in [0.717, 1.165) is 16.8 Å². The average Bonchev–Trinajstić information content (AvgIpc) is 3.24. The fourth-order valence-electron chi connectivity index (χ4n) is 2.92. The number of rotatable bonds is 9. The molecule has 0 unspecified atom stereocenters. The number of carbonyl (C=O) groups excluding carboxylic acids is 1. The Morgan fingerprint density at radius 2 is 1.63 bits per heavy atom. The molecular weight excluding hydrogens is 404 g/mol. The van der Waals surface area contributed by atoms with Gasteiger partial charge in [-0.25, -0.2) is 4.98 Å². The highest BCUT2D eigenvalue weighted by Gasteiger charge is 2.13. The maximum absolute atomic E-state index is 12.4. The lowest BCUT2D eigenvalue weighted by Crippen LogP contribution is -2.12. The van der Waals surface area contributed by atoms with Gasteiger partial charge in [0, 0.05) is 29.5 Å². The van der Waals surface area contributed by atoms with Gasteiger partial charge in [-0.3, -0.25) is 4.79 Å². The Balaban J connectivity index is 1.64. The second-order valence-corrected chi connectivity index (χ2v) is 7.23. The molecular formula is C22H24N2O5S. The molecule has 1 aromatic heterocycles. The highest BCUT2D eigenvalue weighted by molar-refractivity contribution is 7.14. The van der Waals surface area contributed by atoms with Crippen LogP contribution in [0.4, 0.5) is 5.13 Å². The number of aryl methyl sites for hydroxylation is 1. The van der Waals surface area contributed by atoms with Gasteiger partial charge in [0.15, 0.2) is 5.13 Å². The largest absolute Gasteiger partial charge is 0.497 e. The molecule has 0 aliphatic heterocycles. The third-order valence-electron chi connectivity index (χ3n) is 4.49. The molecule has 30 heavy (non-hydrogen) atoms. The van der Waals surface area contributed by atoms with E-state index in [0.29, 0.717) is 41.0 Å². The lowest BCUT2D eigenvalue weighted by atomic mass is 10.1. The Kier molecular flexibility index (Phi) is 7.13. The zero-order valence-corrected chi connectivity index (χ0v) is 18.2. The number of nitrogens with one attached hydrogen (secondary N) is 1. The number of hydrogen-bond acceptors (Lipinski definition) is 7. The van der Waals surface area contributed by atoms with Crippen LogP contribution in [0.3, 0.4) is 0 Å². The molecule has 0 bridgehead atoms. The van der Waals surface area contributed by atoms with Crippen molar-refractivity contribution < 1.29 is 23.7 Å². The van der Waals surface area contributed by atoms with Gasteiger partial charge >= 0.3 is 0 Å². The van der Waals surface area contributed by atoms with E-state index in [1.54, 1.807) is 40.6 Å². The molecule has 3 aromatic rings. The SMILES string of the molecule is COc1cc(CCC(=O)Nc2nc(-c3ccc(OC)cc3OC)cs2)cc(OC)c1. The van der Waals surface area contributed by atoms with Gasteiger partial charge in [-0.1, -0.05) is 0 Å². The number of hydrogen-bond donors (Lipinski definition) is 1. The second-order valence-electron chi connectivity index (χ2n) is 6.37. The van der Waals surface area contributed by atoms with Crippen molar-refractivity contribution in [2.45, 2.75) is 12.8 Å². The molecule has 8 heteroatoms. The first-order valence-corrected chi connectivity index (χ1v) is 10.1. The van der Waals surface area contributed by atoms with Gasteiger partial charge in [0.1, 0.15) is 23.0 Å². The van der Waals surface area contributed by atoms with Crippen LogP contribution in [0.1, 0.15) is 12.0 Å². The van der Waals surface area contributed by atoms with E-state index in [1.807, 2.05) is 29.6 Å². The molecule has 0 saturated heterocycles. The third-order valence-corrected chi connectivity index (χ3v) is 5.24. The van der Waals surface area contributed by atoms with E-state index in [4.69, 9.17) is 18.9 Å². The first-order chi connectivity index (χ1) is 14.6. The minimum atomic E-state index is -0.112. The van der Waals surface area contributed by atoms with Gasteiger partial charge in [0.05, 0.1) is 34.1 Å². The summed E-state index contributed by atoms with van der Waals surface area (Å²) in [6.07, 6.45) is 0.876. The van der Waals surface area contributed by atoms with Gasteiger partial charge < -0.3 is 24.3 Å². The molecule has 0 saturated carbocycles. The number of aromatic nitrogens is 1. The van der Waals surface area contributed by atoms with Crippen molar-refractivity contribution in [3.05, 3.63) is 47.3 Å². The molecule has 0 aliphatic rings. The van der Waals surface area contributed by atoms with Crippen LogP contribution >= 0.6 is 11.3 Å². The second kappa shape index (κ2) is 9.98. The Hall–Kier alpha value is -3.26. The van der Waals surface area contributed by atoms with Crippen molar-refractivity contribution in [1.29, 1.82) is 0 Å². The van der Waals surface area contributed by atoms with Crippen LogP contribution in [0.25, 0.3) is 11.3 Å². The minimum absolute atomic E-state index is 0.112. The molecule has 2 aromatic carbocycles. The summed E-state index contributed by atoms with van der Waals surface area (Å²) < 4.78 is 21.2. The maximum atomic E-state index is 12.4. The molecule has 1 heterocycles.